The van der Waals surface area contributed by atoms with E-state index in [9.17, 15) is 4.79 Å². The molecule has 0 aliphatic carbocycles. The second-order valence-electron chi connectivity index (χ2n) is 5.05. The second-order valence-corrected chi connectivity index (χ2v) is 5.99. The number of nitrogens with one attached hydrogen (secondary N) is 1. The van der Waals surface area contributed by atoms with Crippen LogP contribution in [0.15, 0.2) is 35.5 Å². The SMILES string of the molecule is COCCn1c(C)nnc1SCC(=O)NCCc1ccccc1. The van der Waals surface area contributed by atoms with Crippen molar-refractivity contribution in [1.82, 2.24) is 20.1 Å². The van der Waals surface area contributed by atoms with Crippen LogP contribution in [0.1, 0.15) is 11.4 Å². The van der Waals surface area contributed by atoms with Crippen LogP contribution in [0.25, 0.3) is 0 Å². The molecule has 0 bridgehead atoms. The summed E-state index contributed by atoms with van der Waals surface area (Å²) in [7, 11) is 1.66. The number of carbonyl (C=O) groups is 1. The van der Waals surface area contributed by atoms with Gasteiger partial charge in [-0.2, -0.15) is 0 Å². The molecule has 0 saturated heterocycles. The Hall–Kier alpha value is -1.86. The molecule has 0 radical (unpaired) electrons. The molecule has 1 heterocycles. The van der Waals surface area contributed by atoms with E-state index in [2.05, 4.69) is 27.6 Å². The fraction of sp³-hybridized carbons (Fsp3) is 0.438. The maximum absolute atomic E-state index is 11.9. The number of hydrogen-bond donors (Lipinski definition) is 1. The maximum Gasteiger partial charge on any atom is 0.230 e. The lowest BCUT2D eigenvalue weighted by atomic mass is 10.1. The van der Waals surface area contributed by atoms with E-state index in [0.717, 1.165) is 17.4 Å². The van der Waals surface area contributed by atoms with E-state index in [-0.39, 0.29) is 5.91 Å². The minimum atomic E-state index is 0.00451. The zero-order valence-corrected chi connectivity index (χ0v) is 14.3. The van der Waals surface area contributed by atoms with Crippen LogP contribution in [-0.4, -0.2) is 46.7 Å². The number of aromatic nitrogens is 3. The largest absolute Gasteiger partial charge is 0.383 e. The second kappa shape index (κ2) is 9.32. The smallest absolute Gasteiger partial charge is 0.230 e. The zero-order valence-electron chi connectivity index (χ0n) is 13.5. The summed E-state index contributed by atoms with van der Waals surface area (Å²) in [5.41, 5.74) is 1.22. The number of methoxy groups -OCH3 is 1. The van der Waals surface area contributed by atoms with Crippen LogP contribution < -0.4 is 5.32 Å². The van der Waals surface area contributed by atoms with Crippen LogP contribution in [0.5, 0.6) is 0 Å². The average Bonchev–Trinajstić information content (AvgIpc) is 2.92. The normalized spacial score (nSPS) is 10.7. The van der Waals surface area contributed by atoms with Crippen molar-refractivity contribution >= 4 is 17.7 Å². The number of hydrogen-bond acceptors (Lipinski definition) is 5. The molecule has 1 aromatic carbocycles. The number of ether oxygens (including phenoxy) is 1. The Kier molecular flexibility index (Phi) is 7.09. The molecule has 0 fully saturated rings. The maximum atomic E-state index is 11.9. The first-order valence-electron chi connectivity index (χ1n) is 7.53. The van der Waals surface area contributed by atoms with Crippen LogP contribution in [0.3, 0.4) is 0 Å². The van der Waals surface area contributed by atoms with Gasteiger partial charge in [0.1, 0.15) is 5.82 Å². The van der Waals surface area contributed by atoms with Gasteiger partial charge in [0, 0.05) is 20.2 Å². The first-order chi connectivity index (χ1) is 11.2. The number of thioether (sulfide) groups is 1. The highest BCUT2D eigenvalue weighted by Crippen LogP contribution is 2.16. The third-order valence-electron chi connectivity index (χ3n) is 3.33. The molecule has 124 valence electrons. The molecule has 0 atom stereocenters. The molecule has 23 heavy (non-hydrogen) atoms. The number of carbonyl (C=O) groups excluding carboxylic acids is 1. The van der Waals surface area contributed by atoms with Gasteiger partial charge in [-0.1, -0.05) is 42.1 Å². The molecular formula is C16H22N4O2S. The van der Waals surface area contributed by atoms with Crippen molar-refractivity contribution in [2.45, 2.75) is 25.0 Å². The van der Waals surface area contributed by atoms with Crippen molar-refractivity contribution in [3.63, 3.8) is 0 Å². The molecule has 0 aliphatic rings. The quantitative estimate of drug-likeness (QED) is 0.707. The standard InChI is InChI=1S/C16H22N4O2S/c1-13-18-19-16(20(13)10-11-22-2)23-12-15(21)17-9-8-14-6-4-3-5-7-14/h3-7H,8-12H2,1-2H3,(H,17,21). The molecular weight excluding hydrogens is 312 g/mol. The van der Waals surface area contributed by atoms with Gasteiger partial charge in [0.05, 0.1) is 12.4 Å². The highest BCUT2D eigenvalue weighted by molar-refractivity contribution is 7.99. The van der Waals surface area contributed by atoms with Crippen molar-refractivity contribution < 1.29 is 9.53 Å². The van der Waals surface area contributed by atoms with E-state index < -0.39 is 0 Å². The Balaban J connectivity index is 1.74. The molecule has 6 nitrogen and oxygen atoms in total. The molecule has 7 heteroatoms. The van der Waals surface area contributed by atoms with Gasteiger partial charge in [0.15, 0.2) is 5.16 Å². The van der Waals surface area contributed by atoms with Crippen LogP contribution >= 0.6 is 11.8 Å². The third kappa shape index (κ3) is 5.69. The Morgan fingerprint density at radius 2 is 2.09 bits per heavy atom. The summed E-state index contributed by atoms with van der Waals surface area (Å²) in [6.45, 7) is 3.81. The van der Waals surface area contributed by atoms with E-state index in [1.807, 2.05) is 29.7 Å². The summed E-state index contributed by atoms with van der Waals surface area (Å²) in [6, 6.07) is 10.1. The van der Waals surface area contributed by atoms with E-state index in [0.29, 0.717) is 25.4 Å². The van der Waals surface area contributed by atoms with Crippen molar-refractivity contribution in [3.8, 4) is 0 Å². The average molecular weight is 334 g/mol. The zero-order chi connectivity index (χ0) is 16.5. The Bertz CT molecular complexity index is 616. The van der Waals surface area contributed by atoms with Crippen molar-refractivity contribution in [2.75, 3.05) is 26.0 Å². The van der Waals surface area contributed by atoms with Crippen LogP contribution in [0, 0.1) is 6.92 Å². The Morgan fingerprint density at radius 3 is 2.83 bits per heavy atom. The Morgan fingerprint density at radius 1 is 1.30 bits per heavy atom. The number of benzene rings is 1. The molecule has 2 aromatic rings. The summed E-state index contributed by atoms with van der Waals surface area (Å²) < 4.78 is 7.04. The number of nitrogens with zero attached hydrogens (tertiary/aromatic N) is 3. The van der Waals surface area contributed by atoms with E-state index in [1.54, 1.807) is 7.11 Å². The minimum Gasteiger partial charge on any atom is -0.383 e. The summed E-state index contributed by atoms with van der Waals surface area (Å²) in [4.78, 5) is 11.9. The van der Waals surface area contributed by atoms with Crippen LogP contribution in [0.2, 0.25) is 0 Å². The summed E-state index contributed by atoms with van der Waals surface area (Å²) in [5.74, 6) is 1.17. The van der Waals surface area contributed by atoms with Crippen molar-refractivity contribution in [3.05, 3.63) is 41.7 Å². The fourth-order valence-electron chi connectivity index (χ4n) is 2.08. The number of rotatable bonds is 9. The number of amides is 1. The fourth-order valence-corrected chi connectivity index (χ4v) is 2.92. The molecule has 1 amide bonds. The van der Waals surface area contributed by atoms with Gasteiger partial charge in [0.25, 0.3) is 0 Å². The first kappa shape index (κ1) is 17.5. The van der Waals surface area contributed by atoms with Gasteiger partial charge < -0.3 is 14.6 Å². The highest BCUT2D eigenvalue weighted by atomic mass is 32.2. The lowest BCUT2D eigenvalue weighted by Gasteiger charge is -2.08. The molecule has 2 rings (SSSR count). The Labute approximate surface area is 140 Å². The predicted molar refractivity (Wildman–Crippen MR) is 90.5 cm³/mol. The molecule has 1 N–H and O–H groups in total. The highest BCUT2D eigenvalue weighted by Gasteiger charge is 2.11. The molecule has 0 saturated carbocycles. The van der Waals surface area contributed by atoms with E-state index in [4.69, 9.17) is 4.74 Å². The molecule has 0 aliphatic heterocycles. The first-order valence-corrected chi connectivity index (χ1v) is 8.51. The molecule has 0 unspecified atom stereocenters. The van der Waals surface area contributed by atoms with E-state index >= 15 is 0 Å². The van der Waals surface area contributed by atoms with Gasteiger partial charge in [-0.15, -0.1) is 10.2 Å². The third-order valence-corrected chi connectivity index (χ3v) is 4.30. The van der Waals surface area contributed by atoms with E-state index in [1.165, 1.54) is 17.3 Å². The van der Waals surface area contributed by atoms with Gasteiger partial charge >= 0.3 is 0 Å². The topological polar surface area (TPSA) is 69.0 Å². The van der Waals surface area contributed by atoms with Gasteiger partial charge in [-0.05, 0) is 18.9 Å². The van der Waals surface area contributed by atoms with Gasteiger partial charge in [0.2, 0.25) is 5.91 Å². The molecule has 1 aromatic heterocycles. The number of aryl methyl sites for hydroxylation is 1. The minimum absolute atomic E-state index is 0.00451. The lowest BCUT2D eigenvalue weighted by Crippen LogP contribution is -2.27. The molecule has 0 spiro atoms. The van der Waals surface area contributed by atoms with Gasteiger partial charge in [-0.3, -0.25) is 4.79 Å². The lowest BCUT2D eigenvalue weighted by molar-refractivity contribution is -0.118. The van der Waals surface area contributed by atoms with Crippen molar-refractivity contribution in [1.29, 1.82) is 0 Å². The summed E-state index contributed by atoms with van der Waals surface area (Å²) in [5, 5.41) is 11.8. The van der Waals surface area contributed by atoms with Gasteiger partial charge in [-0.25, -0.2) is 0 Å². The summed E-state index contributed by atoms with van der Waals surface area (Å²) >= 11 is 1.39. The monoisotopic (exact) mass is 334 g/mol. The van der Waals surface area contributed by atoms with Crippen LogP contribution in [-0.2, 0) is 22.5 Å². The van der Waals surface area contributed by atoms with Crippen molar-refractivity contribution in [2.24, 2.45) is 0 Å². The predicted octanol–water partition coefficient (Wildman–Crippen LogP) is 1.68. The summed E-state index contributed by atoms with van der Waals surface area (Å²) in [6.07, 6.45) is 0.834. The van der Waals surface area contributed by atoms with Crippen LogP contribution in [0.4, 0.5) is 0 Å².